The van der Waals surface area contributed by atoms with E-state index in [0.717, 1.165) is 15.2 Å². The van der Waals surface area contributed by atoms with Gasteiger partial charge in [0.2, 0.25) is 5.91 Å². The van der Waals surface area contributed by atoms with Crippen molar-refractivity contribution >= 4 is 39.1 Å². The molecule has 0 aliphatic carbocycles. The number of nitrogens with zero attached hydrogens (tertiary/aromatic N) is 1. The monoisotopic (exact) mass is 334 g/mol. The van der Waals surface area contributed by atoms with Crippen molar-refractivity contribution in [2.24, 2.45) is 0 Å². The standard InChI is InChI=1S/C16H12ClFN2OS/c17-11-4-3-5-12(18)10(11)8-15(21)19-9-16-20-13-6-1-2-7-14(13)22-16/h1-7H,8-9H2,(H,19,21). The highest BCUT2D eigenvalue weighted by Crippen LogP contribution is 2.22. The Morgan fingerprint density at radius 2 is 2.05 bits per heavy atom. The van der Waals surface area contributed by atoms with Crippen molar-refractivity contribution in [1.82, 2.24) is 10.3 Å². The smallest absolute Gasteiger partial charge is 0.224 e. The van der Waals surface area contributed by atoms with Crippen LogP contribution in [0.5, 0.6) is 0 Å². The average molecular weight is 335 g/mol. The van der Waals surface area contributed by atoms with E-state index in [1.54, 1.807) is 6.07 Å². The molecule has 112 valence electrons. The van der Waals surface area contributed by atoms with Crippen molar-refractivity contribution in [2.75, 3.05) is 0 Å². The van der Waals surface area contributed by atoms with Crippen LogP contribution in [0.3, 0.4) is 0 Å². The largest absolute Gasteiger partial charge is 0.349 e. The Morgan fingerprint density at radius 3 is 2.82 bits per heavy atom. The lowest BCUT2D eigenvalue weighted by Gasteiger charge is -2.06. The molecule has 1 heterocycles. The molecule has 1 N–H and O–H groups in total. The summed E-state index contributed by atoms with van der Waals surface area (Å²) in [4.78, 5) is 16.4. The highest BCUT2D eigenvalue weighted by Gasteiger charge is 2.12. The summed E-state index contributed by atoms with van der Waals surface area (Å²) in [6.07, 6.45) is -0.0869. The molecule has 1 aromatic heterocycles. The quantitative estimate of drug-likeness (QED) is 0.785. The van der Waals surface area contributed by atoms with Crippen molar-refractivity contribution in [2.45, 2.75) is 13.0 Å². The van der Waals surface area contributed by atoms with Gasteiger partial charge in [0.1, 0.15) is 10.8 Å². The van der Waals surface area contributed by atoms with Gasteiger partial charge in [-0.2, -0.15) is 0 Å². The summed E-state index contributed by atoms with van der Waals surface area (Å²) in [6, 6.07) is 12.2. The minimum absolute atomic E-state index is 0.0869. The fraction of sp³-hybridized carbons (Fsp3) is 0.125. The van der Waals surface area contributed by atoms with E-state index in [9.17, 15) is 9.18 Å². The fourth-order valence-corrected chi connectivity index (χ4v) is 3.23. The van der Waals surface area contributed by atoms with Crippen LogP contribution < -0.4 is 5.32 Å². The van der Waals surface area contributed by atoms with E-state index in [0.29, 0.717) is 6.54 Å². The third kappa shape index (κ3) is 3.26. The van der Waals surface area contributed by atoms with E-state index in [-0.39, 0.29) is 22.9 Å². The minimum Gasteiger partial charge on any atom is -0.349 e. The van der Waals surface area contributed by atoms with Crippen LogP contribution in [0.25, 0.3) is 10.2 Å². The van der Waals surface area contributed by atoms with E-state index in [4.69, 9.17) is 11.6 Å². The summed E-state index contributed by atoms with van der Waals surface area (Å²) in [6.45, 7) is 0.324. The van der Waals surface area contributed by atoms with Crippen LogP contribution in [-0.4, -0.2) is 10.9 Å². The summed E-state index contributed by atoms with van der Waals surface area (Å²) in [5.41, 5.74) is 1.12. The normalized spacial score (nSPS) is 10.8. The first-order chi connectivity index (χ1) is 10.6. The van der Waals surface area contributed by atoms with Crippen LogP contribution in [0, 0.1) is 5.82 Å². The topological polar surface area (TPSA) is 42.0 Å². The van der Waals surface area contributed by atoms with Crippen molar-refractivity contribution in [1.29, 1.82) is 0 Å². The molecule has 2 aromatic carbocycles. The number of para-hydroxylation sites is 1. The zero-order valence-corrected chi connectivity index (χ0v) is 13.0. The van der Waals surface area contributed by atoms with E-state index in [2.05, 4.69) is 10.3 Å². The number of carbonyl (C=O) groups excluding carboxylic acids is 1. The summed E-state index contributed by atoms with van der Waals surface area (Å²) in [7, 11) is 0. The van der Waals surface area contributed by atoms with Crippen molar-refractivity contribution < 1.29 is 9.18 Å². The van der Waals surface area contributed by atoms with Crippen molar-refractivity contribution in [3.8, 4) is 0 Å². The first-order valence-corrected chi connectivity index (χ1v) is 7.87. The third-order valence-electron chi connectivity index (χ3n) is 3.17. The predicted octanol–water partition coefficient (Wildman–Crippen LogP) is 3.95. The lowest BCUT2D eigenvalue weighted by molar-refractivity contribution is -0.120. The molecule has 22 heavy (non-hydrogen) atoms. The van der Waals surface area contributed by atoms with Crippen LogP contribution in [0.15, 0.2) is 42.5 Å². The molecule has 0 radical (unpaired) electrons. The molecule has 3 nitrogen and oxygen atoms in total. The Labute approximate surface area is 135 Å². The van der Waals surface area contributed by atoms with Gasteiger partial charge in [-0.25, -0.2) is 9.37 Å². The lowest BCUT2D eigenvalue weighted by Crippen LogP contribution is -2.25. The Morgan fingerprint density at radius 1 is 1.23 bits per heavy atom. The highest BCUT2D eigenvalue weighted by molar-refractivity contribution is 7.18. The van der Waals surface area contributed by atoms with E-state index < -0.39 is 5.82 Å². The van der Waals surface area contributed by atoms with Crippen LogP contribution in [0.2, 0.25) is 5.02 Å². The third-order valence-corrected chi connectivity index (χ3v) is 4.56. The molecular weight excluding hydrogens is 323 g/mol. The number of carbonyl (C=O) groups is 1. The summed E-state index contributed by atoms with van der Waals surface area (Å²) < 4.78 is 14.7. The number of nitrogens with one attached hydrogen (secondary N) is 1. The number of benzene rings is 2. The second-order valence-electron chi connectivity index (χ2n) is 4.73. The van der Waals surface area contributed by atoms with Gasteiger partial charge in [-0.15, -0.1) is 11.3 Å². The molecule has 0 bridgehead atoms. The molecule has 3 rings (SSSR count). The zero-order valence-electron chi connectivity index (χ0n) is 11.5. The van der Waals surface area contributed by atoms with E-state index in [1.807, 2.05) is 24.3 Å². The van der Waals surface area contributed by atoms with E-state index in [1.165, 1.54) is 23.5 Å². The number of fused-ring (bicyclic) bond motifs is 1. The zero-order chi connectivity index (χ0) is 15.5. The van der Waals surface area contributed by atoms with Crippen LogP contribution in [0.4, 0.5) is 4.39 Å². The predicted molar refractivity (Wildman–Crippen MR) is 86.6 cm³/mol. The summed E-state index contributed by atoms with van der Waals surface area (Å²) in [5, 5.41) is 3.82. The molecule has 3 aromatic rings. The molecule has 6 heteroatoms. The number of aromatic nitrogens is 1. The van der Waals surface area contributed by atoms with Gasteiger partial charge >= 0.3 is 0 Å². The van der Waals surface area contributed by atoms with Gasteiger partial charge in [0.05, 0.1) is 23.2 Å². The van der Waals surface area contributed by atoms with Gasteiger partial charge in [-0.05, 0) is 24.3 Å². The number of thiazole rings is 1. The molecule has 0 unspecified atom stereocenters. The molecule has 0 aliphatic rings. The summed E-state index contributed by atoms with van der Waals surface area (Å²) >= 11 is 7.44. The summed E-state index contributed by atoms with van der Waals surface area (Å²) in [5.74, 6) is -0.756. The molecule has 0 spiro atoms. The average Bonchev–Trinajstić information content (AvgIpc) is 2.92. The maximum absolute atomic E-state index is 13.6. The highest BCUT2D eigenvalue weighted by atomic mass is 35.5. The fourth-order valence-electron chi connectivity index (χ4n) is 2.09. The number of rotatable bonds is 4. The molecule has 1 amide bonds. The van der Waals surface area contributed by atoms with Gasteiger partial charge in [-0.3, -0.25) is 4.79 Å². The number of hydrogen-bond acceptors (Lipinski definition) is 3. The maximum atomic E-state index is 13.6. The second kappa shape index (κ2) is 6.42. The first kappa shape index (κ1) is 14.9. The Balaban J connectivity index is 1.65. The number of halogens is 2. The lowest BCUT2D eigenvalue weighted by atomic mass is 10.1. The van der Waals surface area contributed by atoms with Crippen molar-refractivity contribution in [3.63, 3.8) is 0 Å². The van der Waals surface area contributed by atoms with Gasteiger partial charge in [0, 0.05) is 10.6 Å². The second-order valence-corrected chi connectivity index (χ2v) is 6.25. The Hall–Kier alpha value is -1.98. The van der Waals surface area contributed by atoms with Gasteiger partial charge < -0.3 is 5.32 Å². The van der Waals surface area contributed by atoms with Crippen LogP contribution in [-0.2, 0) is 17.8 Å². The minimum atomic E-state index is -0.470. The first-order valence-electron chi connectivity index (χ1n) is 6.67. The molecule has 0 saturated carbocycles. The van der Waals surface area contributed by atoms with Crippen LogP contribution in [0.1, 0.15) is 10.6 Å². The SMILES string of the molecule is O=C(Cc1c(F)cccc1Cl)NCc1nc2ccccc2s1. The molecule has 0 fully saturated rings. The number of hydrogen-bond donors (Lipinski definition) is 1. The molecular formula is C16H12ClFN2OS. The van der Waals surface area contributed by atoms with Gasteiger partial charge in [0.15, 0.2) is 0 Å². The molecule has 0 saturated heterocycles. The number of amides is 1. The van der Waals surface area contributed by atoms with Gasteiger partial charge in [-0.1, -0.05) is 29.8 Å². The Bertz CT molecular complexity index is 781. The molecule has 0 aliphatic heterocycles. The van der Waals surface area contributed by atoms with Crippen molar-refractivity contribution in [3.05, 3.63) is 63.9 Å². The van der Waals surface area contributed by atoms with E-state index >= 15 is 0 Å². The Kier molecular flexibility index (Phi) is 4.36. The van der Waals surface area contributed by atoms with Crippen LogP contribution >= 0.6 is 22.9 Å². The maximum Gasteiger partial charge on any atom is 0.224 e. The molecule has 0 atom stereocenters. The van der Waals surface area contributed by atoms with Gasteiger partial charge in [0.25, 0.3) is 0 Å².